The molecule has 0 saturated carbocycles. The summed E-state index contributed by atoms with van der Waals surface area (Å²) in [6, 6.07) is 5.49. The summed E-state index contributed by atoms with van der Waals surface area (Å²) in [5, 5.41) is 15.4. The Morgan fingerprint density at radius 2 is 2.06 bits per heavy atom. The first-order valence-electron chi connectivity index (χ1n) is 5.06. The summed E-state index contributed by atoms with van der Waals surface area (Å²) < 4.78 is 0. The summed E-state index contributed by atoms with van der Waals surface area (Å²) in [5.41, 5.74) is 8.66. The Morgan fingerprint density at radius 3 is 2.65 bits per heavy atom. The molecule has 5 nitrogen and oxygen atoms in total. The molecule has 0 amide bonds. The van der Waals surface area contributed by atoms with E-state index in [2.05, 4.69) is 20.4 Å². The molecule has 2 rings (SSSR count). The van der Waals surface area contributed by atoms with Gasteiger partial charge < -0.3 is 5.73 Å². The van der Waals surface area contributed by atoms with Crippen molar-refractivity contribution in [3.8, 4) is 0 Å². The maximum Gasteiger partial charge on any atom is 0.173 e. The highest BCUT2D eigenvalue weighted by Crippen LogP contribution is 2.27. The van der Waals surface area contributed by atoms with E-state index in [4.69, 9.17) is 17.3 Å². The molecule has 0 aliphatic rings. The van der Waals surface area contributed by atoms with E-state index >= 15 is 0 Å². The van der Waals surface area contributed by atoms with Gasteiger partial charge in [0.1, 0.15) is 5.69 Å². The highest BCUT2D eigenvalue weighted by Gasteiger charge is 2.05. The van der Waals surface area contributed by atoms with Crippen LogP contribution in [0.15, 0.2) is 28.4 Å². The van der Waals surface area contributed by atoms with Crippen molar-refractivity contribution in [2.75, 3.05) is 5.73 Å². The van der Waals surface area contributed by atoms with Crippen LogP contribution in [-0.4, -0.2) is 10.2 Å². The van der Waals surface area contributed by atoms with Crippen LogP contribution < -0.4 is 5.73 Å². The lowest BCUT2D eigenvalue weighted by Crippen LogP contribution is -1.83. The second kappa shape index (κ2) is 4.55. The largest absolute Gasteiger partial charge is 0.380 e. The zero-order valence-electron chi connectivity index (χ0n) is 9.53. The Labute approximate surface area is 104 Å². The van der Waals surface area contributed by atoms with Crippen molar-refractivity contribution in [1.29, 1.82) is 0 Å². The van der Waals surface area contributed by atoms with Crippen LogP contribution in [0.1, 0.15) is 11.3 Å². The molecule has 0 radical (unpaired) electrons. The molecule has 2 aromatic rings. The molecule has 1 heterocycles. The maximum absolute atomic E-state index is 5.99. The van der Waals surface area contributed by atoms with Crippen molar-refractivity contribution >= 4 is 28.8 Å². The van der Waals surface area contributed by atoms with Gasteiger partial charge in [0.15, 0.2) is 5.82 Å². The van der Waals surface area contributed by atoms with Crippen LogP contribution in [-0.2, 0) is 0 Å². The minimum Gasteiger partial charge on any atom is -0.380 e. The number of azo groups is 1. The maximum atomic E-state index is 5.99. The summed E-state index contributed by atoms with van der Waals surface area (Å²) in [5.74, 6) is 0.337. The zero-order valence-corrected chi connectivity index (χ0v) is 10.3. The quantitative estimate of drug-likeness (QED) is 0.796. The van der Waals surface area contributed by atoms with Gasteiger partial charge in [-0.25, -0.2) is 0 Å². The molecule has 88 valence electrons. The van der Waals surface area contributed by atoms with Crippen molar-refractivity contribution in [3.05, 3.63) is 34.5 Å². The molecule has 0 saturated heterocycles. The van der Waals surface area contributed by atoms with Gasteiger partial charge in [-0.15, -0.1) is 5.11 Å². The average molecular weight is 250 g/mol. The molecule has 0 aliphatic carbocycles. The molecular weight excluding hydrogens is 238 g/mol. The van der Waals surface area contributed by atoms with Gasteiger partial charge in [0, 0.05) is 5.02 Å². The highest BCUT2D eigenvalue weighted by atomic mass is 35.5. The van der Waals surface area contributed by atoms with Gasteiger partial charge in [-0.05, 0) is 31.5 Å². The molecule has 0 atom stereocenters. The first kappa shape index (κ1) is 11.6. The second-order valence-electron chi connectivity index (χ2n) is 3.72. The molecule has 17 heavy (non-hydrogen) atoms. The number of benzene rings is 1. The van der Waals surface area contributed by atoms with E-state index in [0.717, 1.165) is 11.3 Å². The first-order chi connectivity index (χ1) is 8.08. The van der Waals surface area contributed by atoms with Crippen molar-refractivity contribution < 1.29 is 0 Å². The van der Waals surface area contributed by atoms with Gasteiger partial charge in [0.2, 0.25) is 0 Å². The fraction of sp³-hybridized carbons (Fsp3) is 0.182. The number of anilines is 1. The lowest BCUT2D eigenvalue weighted by molar-refractivity contribution is 1.05. The average Bonchev–Trinajstić information content (AvgIpc) is 2.61. The van der Waals surface area contributed by atoms with Gasteiger partial charge in [-0.3, -0.25) is 5.10 Å². The number of aromatic nitrogens is 2. The standard InChI is InChI=1S/C11H12ClN5/c1-6-3-4-8(5-9(6)12)15-16-10-7(2)14-17-11(10)13/h3-5H,1-2H3,(H3,13,14,17). The Morgan fingerprint density at radius 1 is 1.29 bits per heavy atom. The molecule has 6 heteroatoms. The number of aryl methyl sites for hydroxylation is 2. The summed E-state index contributed by atoms with van der Waals surface area (Å²) in [6.07, 6.45) is 0. The van der Waals surface area contributed by atoms with Crippen molar-refractivity contribution in [1.82, 2.24) is 10.2 Å². The molecule has 3 N–H and O–H groups in total. The Balaban J connectivity index is 2.29. The number of nitrogens with one attached hydrogen (secondary N) is 1. The van der Waals surface area contributed by atoms with E-state index in [1.54, 1.807) is 6.07 Å². The number of hydrogen-bond donors (Lipinski definition) is 2. The smallest absolute Gasteiger partial charge is 0.173 e. The van der Waals surface area contributed by atoms with Gasteiger partial charge in [0.25, 0.3) is 0 Å². The number of aromatic amines is 1. The Kier molecular flexibility index (Phi) is 3.10. The predicted octanol–water partition coefficient (Wildman–Crippen LogP) is 3.68. The van der Waals surface area contributed by atoms with Gasteiger partial charge in [-0.1, -0.05) is 17.7 Å². The Bertz CT molecular complexity index is 554. The number of H-pyrrole nitrogens is 1. The van der Waals surface area contributed by atoms with E-state index in [0.29, 0.717) is 22.2 Å². The fourth-order valence-corrected chi connectivity index (χ4v) is 1.49. The van der Waals surface area contributed by atoms with Crippen LogP contribution in [0, 0.1) is 13.8 Å². The topological polar surface area (TPSA) is 79.4 Å². The molecule has 1 aromatic heterocycles. The van der Waals surface area contributed by atoms with E-state index in [-0.39, 0.29) is 0 Å². The van der Waals surface area contributed by atoms with Crippen LogP contribution in [0.5, 0.6) is 0 Å². The lowest BCUT2D eigenvalue weighted by atomic mass is 10.2. The van der Waals surface area contributed by atoms with Crippen LogP contribution in [0.4, 0.5) is 17.2 Å². The van der Waals surface area contributed by atoms with E-state index in [9.17, 15) is 0 Å². The van der Waals surface area contributed by atoms with Gasteiger partial charge in [0.05, 0.1) is 11.4 Å². The zero-order chi connectivity index (χ0) is 12.4. The third-order valence-electron chi connectivity index (χ3n) is 2.36. The van der Waals surface area contributed by atoms with Crippen molar-refractivity contribution in [3.63, 3.8) is 0 Å². The summed E-state index contributed by atoms with van der Waals surface area (Å²) in [4.78, 5) is 0. The third kappa shape index (κ3) is 2.45. The number of nitrogens with zero attached hydrogens (tertiary/aromatic N) is 3. The predicted molar refractivity (Wildman–Crippen MR) is 68.1 cm³/mol. The van der Waals surface area contributed by atoms with Gasteiger partial charge >= 0.3 is 0 Å². The number of hydrogen-bond acceptors (Lipinski definition) is 4. The molecule has 0 fully saturated rings. The molecule has 0 bridgehead atoms. The van der Waals surface area contributed by atoms with E-state index in [1.807, 2.05) is 26.0 Å². The van der Waals surface area contributed by atoms with Crippen LogP contribution in [0.25, 0.3) is 0 Å². The number of nitrogen functional groups attached to an aromatic ring is 1. The van der Waals surface area contributed by atoms with E-state index < -0.39 is 0 Å². The molecule has 0 aliphatic heterocycles. The number of rotatable bonds is 2. The van der Waals surface area contributed by atoms with Crippen LogP contribution in [0.2, 0.25) is 5.02 Å². The molecular formula is C11H12ClN5. The second-order valence-corrected chi connectivity index (χ2v) is 4.12. The molecule has 1 aromatic carbocycles. The SMILES string of the molecule is Cc1ccc(N=Nc2c(N)n[nH]c2C)cc1Cl. The first-order valence-corrected chi connectivity index (χ1v) is 5.44. The molecule has 0 spiro atoms. The minimum absolute atomic E-state index is 0.337. The van der Waals surface area contributed by atoms with Gasteiger partial charge in [-0.2, -0.15) is 10.2 Å². The summed E-state index contributed by atoms with van der Waals surface area (Å²) in [6.45, 7) is 3.77. The monoisotopic (exact) mass is 249 g/mol. The summed E-state index contributed by atoms with van der Waals surface area (Å²) >= 11 is 5.99. The highest BCUT2D eigenvalue weighted by molar-refractivity contribution is 6.31. The molecule has 0 unspecified atom stereocenters. The summed E-state index contributed by atoms with van der Waals surface area (Å²) in [7, 11) is 0. The van der Waals surface area contributed by atoms with Crippen LogP contribution >= 0.6 is 11.6 Å². The minimum atomic E-state index is 0.337. The van der Waals surface area contributed by atoms with E-state index in [1.165, 1.54) is 0 Å². The number of halogens is 1. The van der Waals surface area contributed by atoms with Crippen LogP contribution in [0.3, 0.4) is 0 Å². The third-order valence-corrected chi connectivity index (χ3v) is 2.77. The lowest BCUT2D eigenvalue weighted by Gasteiger charge is -1.97. The number of nitrogens with two attached hydrogens (primary N) is 1. The fourth-order valence-electron chi connectivity index (χ4n) is 1.32. The Hall–Kier alpha value is -1.88. The van der Waals surface area contributed by atoms with Crippen molar-refractivity contribution in [2.24, 2.45) is 10.2 Å². The normalized spacial score (nSPS) is 11.2. The van der Waals surface area contributed by atoms with Crippen molar-refractivity contribution in [2.45, 2.75) is 13.8 Å².